The average Bonchev–Trinajstić information content (AvgIpc) is 3.02. The van der Waals surface area contributed by atoms with E-state index in [1.165, 1.54) is 16.2 Å². The number of hydrogen-bond acceptors (Lipinski definition) is 5. The van der Waals surface area contributed by atoms with Crippen LogP contribution < -0.4 is 0 Å². The van der Waals surface area contributed by atoms with Crippen LogP contribution in [0.25, 0.3) is 0 Å². The van der Waals surface area contributed by atoms with E-state index >= 15 is 0 Å². The number of likely N-dealkylation sites (N-methyl/N-ethyl adjacent to an activating group) is 2. The number of urea groups is 1. The van der Waals surface area contributed by atoms with Crippen molar-refractivity contribution in [3.8, 4) is 0 Å². The van der Waals surface area contributed by atoms with E-state index in [1.54, 1.807) is 14.0 Å². The predicted octanol–water partition coefficient (Wildman–Crippen LogP) is 0.517. The fourth-order valence-electron chi connectivity index (χ4n) is 1.97. The van der Waals surface area contributed by atoms with Crippen molar-refractivity contribution in [1.82, 2.24) is 14.7 Å². The molecule has 0 aromatic carbocycles. The Morgan fingerprint density at radius 3 is 2.43 bits per heavy atom. The van der Waals surface area contributed by atoms with Crippen LogP contribution in [0.3, 0.4) is 0 Å². The highest BCUT2D eigenvalue weighted by atomic mass is 32.1. The summed E-state index contributed by atoms with van der Waals surface area (Å²) in [6, 6.07) is 1.16. The summed E-state index contributed by atoms with van der Waals surface area (Å²) in [5.74, 6) is -2.22. The van der Waals surface area contributed by atoms with Crippen LogP contribution in [0.2, 0.25) is 0 Å². The van der Waals surface area contributed by atoms with Crippen molar-refractivity contribution in [2.24, 2.45) is 0 Å². The summed E-state index contributed by atoms with van der Waals surface area (Å²) >= 11 is 1.52. The van der Waals surface area contributed by atoms with E-state index in [4.69, 9.17) is 0 Å². The SMILES string of the molecule is CCN1C(=O)C(=O)N(CC(=O)N(C)Cc2ccsc2)C1=O. The Hall–Kier alpha value is -2.22. The van der Waals surface area contributed by atoms with Gasteiger partial charge in [-0.3, -0.25) is 19.3 Å². The van der Waals surface area contributed by atoms with Crippen molar-refractivity contribution in [2.45, 2.75) is 13.5 Å². The van der Waals surface area contributed by atoms with Crippen molar-refractivity contribution in [1.29, 1.82) is 0 Å². The van der Waals surface area contributed by atoms with Gasteiger partial charge in [-0.2, -0.15) is 11.3 Å². The van der Waals surface area contributed by atoms with Gasteiger partial charge in [0.25, 0.3) is 0 Å². The summed E-state index contributed by atoms with van der Waals surface area (Å²) in [4.78, 5) is 50.1. The number of imide groups is 2. The molecule has 1 aromatic rings. The zero-order valence-electron chi connectivity index (χ0n) is 11.7. The molecule has 0 unspecified atom stereocenters. The van der Waals surface area contributed by atoms with Gasteiger partial charge in [0, 0.05) is 20.1 Å². The van der Waals surface area contributed by atoms with E-state index in [2.05, 4.69) is 0 Å². The van der Waals surface area contributed by atoms with E-state index in [0.717, 1.165) is 10.5 Å². The lowest BCUT2D eigenvalue weighted by Gasteiger charge is -2.20. The van der Waals surface area contributed by atoms with Crippen molar-refractivity contribution >= 4 is 35.1 Å². The monoisotopic (exact) mass is 309 g/mol. The number of rotatable bonds is 5. The van der Waals surface area contributed by atoms with Gasteiger partial charge in [0.2, 0.25) is 5.91 Å². The van der Waals surface area contributed by atoms with Gasteiger partial charge in [-0.25, -0.2) is 9.69 Å². The first-order chi connectivity index (χ1) is 9.95. The molecule has 0 spiro atoms. The van der Waals surface area contributed by atoms with Gasteiger partial charge in [0.1, 0.15) is 6.54 Å². The lowest BCUT2D eigenvalue weighted by Crippen LogP contribution is -2.41. The summed E-state index contributed by atoms with van der Waals surface area (Å²) < 4.78 is 0. The Labute approximate surface area is 125 Å². The maximum absolute atomic E-state index is 12.1. The Kier molecular flexibility index (Phi) is 4.37. The first kappa shape index (κ1) is 15.2. The largest absolute Gasteiger partial charge is 0.340 e. The van der Waals surface area contributed by atoms with E-state index < -0.39 is 30.3 Å². The normalized spacial score (nSPS) is 15.0. The minimum Gasteiger partial charge on any atom is -0.340 e. The highest BCUT2D eigenvalue weighted by Crippen LogP contribution is 2.13. The van der Waals surface area contributed by atoms with Gasteiger partial charge in [-0.15, -0.1) is 0 Å². The molecular formula is C13H15N3O4S. The van der Waals surface area contributed by atoms with Crippen LogP contribution in [0.15, 0.2) is 16.8 Å². The zero-order chi connectivity index (χ0) is 15.6. The number of carbonyl (C=O) groups is 4. The van der Waals surface area contributed by atoms with Gasteiger partial charge in [-0.1, -0.05) is 0 Å². The maximum Gasteiger partial charge on any atom is 0.334 e. The molecule has 1 saturated heterocycles. The van der Waals surface area contributed by atoms with Crippen LogP contribution in [0.1, 0.15) is 12.5 Å². The number of hydrogen-bond donors (Lipinski definition) is 0. The van der Waals surface area contributed by atoms with Gasteiger partial charge in [0.15, 0.2) is 0 Å². The Morgan fingerprint density at radius 1 is 1.24 bits per heavy atom. The van der Waals surface area contributed by atoms with E-state index in [1.807, 2.05) is 16.8 Å². The standard InChI is InChI=1S/C13H15N3O4S/c1-3-15-11(18)12(19)16(13(15)20)7-10(17)14(2)6-9-4-5-21-8-9/h4-5,8H,3,6-7H2,1-2H3. The van der Waals surface area contributed by atoms with Crippen LogP contribution in [0.4, 0.5) is 4.79 Å². The molecule has 5 amide bonds. The minimum atomic E-state index is -0.945. The topological polar surface area (TPSA) is 78.0 Å². The highest BCUT2D eigenvalue weighted by Gasteiger charge is 2.44. The maximum atomic E-state index is 12.1. The number of thiophene rings is 1. The predicted molar refractivity (Wildman–Crippen MR) is 75.3 cm³/mol. The molecule has 0 atom stereocenters. The van der Waals surface area contributed by atoms with Crippen molar-refractivity contribution < 1.29 is 19.2 Å². The molecule has 0 aliphatic carbocycles. The molecule has 2 rings (SSSR count). The molecule has 7 nitrogen and oxygen atoms in total. The highest BCUT2D eigenvalue weighted by molar-refractivity contribution is 7.07. The molecule has 0 radical (unpaired) electrons. The minimum absolute atomic E-state index is 0.110. The lowest BCUT2D eigenvalue weighted by atomic mass is 10.3. The van der Waals surface area contributed by atoms with Crippen molar-refractivity contribution in [3.63, 3.8) is 0 Å². The van der Waals surface area contributed by atoms with E-state index in [9.17, 15) is 19.2 Å². The molecule has 112 valence electrons. The summed E-state index contributed by atoms with van der Waals surface area (Å²) in [5.41, 5.74) is 0.973. The molecule has 8 heteroatoms. The van der Waals surface area contributed by atoms with Crippen LogP contribution in [0, 0.1) is 0 Å². The summed E-state index contributed by atoms with van der Waals surface area (Å²) in [6.07, 6.45) is 0. The quantitative estimate of drug-likeness (QED) is 0.587. The Morgan fingerprint density at radius 2 is 1.90 bits per heavy atom. The van der Waals surface area contributed by atoms with Crippen LogP contribution in [-0.2, 0) is 20.9 Å². The van der Waals surface area contributed by atoms with E-state index in [-0.39, 0.29) is 6.54 Å². The van der Waals surface area contributed by atoms with Gasteiger partial charge < -0.3 is 4.90 Å². The van der Waals surface area contributed by atoms with Crippen LogP contribution in [0.5, 0.6) is 0 Å². The van der Waals surface area contributed by atoms with Crippen LogP contribution in [-0.4, -0.2) is 58.6 Å². The molecule has 21 heavy (non-hydrogen) atoms. The first-order valence-electron chi connectivity index (χ1n) is 6.38. The number of nitrogens with zero attached hydrogens (tertiary/aromatic N) is 3. The molecule has 0 N–H and O–H groups in total. The van der Waals surface area contributed by atoms with Gasteiger partial charge >= 0.3 is 17.8 Å². The first-order valence-corrected chi connectivity index (χ1v) is 7.32. The molecular weight excluding hydrogens is 294 g/mol. The smallest absolute Gasteiger partial charge is 0.334 e. The summed E-state index contributed by atoms with van der Waals surface area (Å²) in [5, 5.41) is 3.82. The van der Waals surface area contributed by atoms with Crippen molar-refractivity contribution in [2.75, 3.05) is 20.1 Å². The van der Waals surface area contributed by atoms with Crippen LogP contribution >= 0.6 is 11.3 Å². The third kappa shape index (κ3) is 2.94. The second-order valence-corrected chi connectivity index (χ2v) is 5.38. The van der Waals surface area contributed by atoms with E-state index in [0.29, 0.717) is 11.4 Å². The van der Waals surface area contributed by atoms with Crippen molar-refractivity contribution in [3.05, 3.63) is 22.4 Å². The molecule has 0 bridgehead atoms. The third-order valence-corrected chi connectivity index (χ3v) is 3.90. The van der Waals surface area contributed by atoms with Gasteiger partial charge in [-0.05, 0) is 29.3 Å². The lowest BCUT2D eigenvalue weighted by molar-refractivity contribution is -0.144. The summed E-state index contributed by atoms with van der Waals surface area (Å²) in [6.45, 7) is 1.68. The number of amides is 5. The molecule has 1 aromatic heterocycles. The molecule has 1 aliphatic rings. The van der Waals surface area contributed by atoms with Gasteiger partial charge in [0.05, 0.1) is 0 Å². The fraction of sp³-hybridized carbons (Fsp3) is 0.385. The average molecular weight is 309 g/mol. The second kappa shape index (κ2) is 6.04. The second-order valence-electron chi connectivity index (χ2n) is 4.60. The molecule has 1 fully saturated rings. The molecule has 2 heterocycles. The third-order valence-electron chi connectivity index (χ3n) is 3.17. The fourth-order valence-corrected chi connectivity index (χ4v) is 2.63. The molecule has 0 saturated carbocycles. The number of carbonyl (C=O) groups excluding carboxylic acids is 4. The molecule has 1 aliphatic heterocycles. The Bertz CT molecular complexity index is 584. The Balaban J connectivity index is 2.00. The zero-order valence-corrected chi connectivity index (χ0v) is 12.6. The summed E-state index contributed by atoms with van der Waals surface area (Å²) in [7, 11) is 1.59.